The highest BCUT2D eigenvalue weighted by Gasteiger charge is 2.21. The lowest BCUT2D eigenvalue weighted by Crippen LogP contribution is -2.38. The number of halogens is 1. The maximum atomic E-state index is 14.4. The quantitative estimate of drug-likeness (QED) is 0.268. The lowest BCUT2D eigenvalue weighted by molar-refractivity contribution is 0.0943. The highest BCUT2D eigenvalue weighted by molar-refractivity contribution is 7.15. The second-order valence-electron chi connectivity index (χ2n) is 8.49. The number of aromatic nitrogens is 1. The summed E-state index contributed by atoms with van der Waals surface area (Å²) in [4.78, 5) is 30.5. The zero-order valence-electron chi connectivity index (χ0n) is 20.0. The van der Waals surface area contributed by atoms with Gasteiger partial charge in [-0.3, -0.25) is 9.59 Å². The van der Waals surface area contributed by atoms with E-state index in [1.165, 1.54) is 17.4 Å². The molecule has 0 radical (unpaired) electrons. The second-order valence-corrected chi connectivity index (χ2v) is 9.69. The molecule has 0 aliphatic heterocycles. The predicted molar refractivity (Wildman–Crippen MR) is 142 cm³/mol. The van der Waals surface area contributed by atoms with Gasteiger partial charge in [-0.05, 0) is 31.4 Å². The van der Waals surface area contributed by atoms with Gasteiger partial charge in [-0.1, -0.05) is 78.9 Å². The number of nitrogens with zero attached hydrogens (tertiary/aromatic N) is 1. The summed E-state index contributed by atoms with van der Waals surface area (Å²) >= 11 is 1.30. The monoisotopic (exact) mass is 501 g/mol. The first-order chi connectivity index (χ1) is 17.5. The van der Waals surface area contributed by atoms with Crippen LogP contribution >= 0.6 is 11.3 Å². The summed E-state index contributed by atoms with van der Waals surface area (Å²) in [7, 11) is 0. The Morgan fingerprint density at radius 1 is 0.944 bits per heavy atom. The molecule has 1 amide bonds. The van der Waals surface area contributed by atoms with Crippen molar-refractivity contribution in [3.8, 4) is 10.4 Å². The Kier molecular flexibility index (Phi) is 8.71. The highest BCUT2D eigenvalue weighted by atomic mass is 32.1. The number of rotatable bonds is 11. The van der Waals surface area contributed by atoms with E-state index >= 15 is 0 Å². The van der Waals surface area contributed by atoms with Gasteiger partial charge < -0.3 is 10.6 Å². The number of aryl methyl sites for hydroxylation is 1. The zero-order chi connectivity index (χ0) is 25.3. The summed E-state index contributed by atoms with van der Waals surface area (Å²) in [5.41, 5.74) is 2.41. The molecule has 36 heavy (non-hydrogen) atoms. The minimum atomic E-state index is -0.384. The number of benzene rings is 3. The van der Waals surface area contributed by atoms with Crippen molar-refractivity contribution in [3.63, 3.8) is 0 Å². The largest absolute Gasteiger partial charge is 0.351 e. The summed E-state index contributed by atoms with van der Waals surface area (Å²) in [6.07, 6.45) is 1.33. The van der Waals surface area contributed by atoms with Crippen LogP contribution < -0.4 is 10.6 Å². The van der Waals surface area contributed by atoms with Gasteiger partial charge in [-0.15, -0.1) is 11.3 Å². The van der Waals surface area contributed by atoms with Crippen LogP contribution in [0.4, 0.5) is 4.39 Å². The first kappa shape index (κ1) is 25.4. The number of amides is 1. The number of hydrogen-bond acceptors (Lipinski definition) is 5. The molecule has 0 aliphatic rings. The van der Waals surface area contributed by atoms with Gasteiger partial charge in [-0.25, -0.2) is 9.37 Å². The summed E-state index contributed by atoms with van der Waals surface area (Å²) in [5.74, 6) is -0.702. The number of thiazole rings is 1. The Labute approximate surface area is 214 Å². The second kappa shape index (κ2) is 12.3. The van der Waals surface area contributed by atoms with Crippen LogP contribution in [0.3, 0.4) is 0 Å². The minimum Gasteiger partial charge on any atom is -0.351 e. The smallest absolute Gasteiger partial charge is 0.271 e. The van der Waals surface area contributed by atoms with Crippen molar-refractivity contribution >= 4 is 23.0 Å². The topological polar surface area (TPSA) is 71.1 Å². The molecular formula is C29H28FN3O2S. The lowest BCUT2D eigenvalue weighted by atomic mass is 10.0. The van der Waals surface area contributed by atoms with Gasteiger partial charge >= 0.3 is 0 Å². The van der Waals surface area contributed by atoms with Crippen molar-refractivity contribution in [2.45, 2.75) is 25.8 Å². The third-order valence-electron chi connectivity index (χ3n) is 5.82. The molecule has 0 fully saturated rings. The van der Waals surface area contributed by atoms with Crippen LogP contribution in [0.15, 0.2) is 84.9 Å². The number of carbonyl (C=O) groups is 2. The van der Waals surface area contributed by atoms with Gasteiger partial charge in [0.2, 0.25) is 0 Å². The minimum absolute atomic E-state index is 0.0187. The van der Waals surface area contributed by atoms with Crippen LogP contribution in [0.2, 0.25) is 0 Å². The number of hydrogen-bond donors (Lipinski definition) is 2. The molecule has 0 spiro atoms. The average Bonchev–Trinajstić information content (AvgIpc) is 3.29. The molecule has 1 atom stereocenters. The molecule has 5 nitrogen and oxygen atoms in total. The number of carbonyl (C=O) groups excluding carboxylic acids is 2. The molecule has 0 unspecified atom stereocenters. The van der Waals surface area contributed by atoms with E-state index in [0.717, 1.165) is 12.0 Å². The summed E-state index contributed by atoms with van der Waals surface area (Å²) in [5, 5.41) is 7.00. The average molecular weight is 502 g/mol. The van der Waals surface area contributed by atoms with Crippen molar-refractivity contribution in [3.05, 3.63) is 113 Å². The Morgan fingerprint density at radius 2 is 1.61 bits per heavy atom. The van der Waals surface area contributed by atoms with E-state index in [1.54, 1.807) is 37.3 Å². The summed E-state index contributed by atoms with van der Waals surface area (Å²) in [6.45, 7) is 2.39. The maximum Gasteiger partial charge on any atom is 0.271 e. The predicted octanol–water partition coefficient (Wildman–Crippen LogP) is 5.46. The molecule has 1 heterocycles. The molecule has 0 saturated carbocycles. The van der Waals surface area contributed by atoms with Crippen molar-refractivity contribution < 1.29 is 14.0 Å². The van der Waals surface area contributed by atoms with E-state index < -0.39 is 0 Å². The molecule has 0 saturated heterocycles. The van der Waals surface area contributed by atoms with Crippen LogP contribution in [-0.2, 0) is 6.42 Å². The number of nitrogens with one attached hydrogen (secondary N) is 2. The Morgan fingerprint density at radius 3 is 2.33 bits per heavy atom. The highest BCUT2D eigenvalue weighted by Crippen LogP contribution is 2.32. The molecule has 184 valence electrons. The molecule has 0 bridgehead atoms. The van der Waals surface area contributed by atoms with Gasteiger partial charge in [0.15, 0.2) is 5.78 Å². The Balaban J connectivity index is 1.40. The van der Waals surface area contributed by atoms with Crippen LogP contribution in [0, 0.1) is 12.7 Å². The zero-order valence-corrected chi connectivity index (χ0v) is 20.9. The van der Waals surface area contributed by atoms with Crippen molar-refractivity contribution in [1.82, 2.24) is 15.6 Å². The van der Waals surface area contributed by atoms with E-state index in [2.05, 4.69) is 15.6 Å². The van der Waals surface area contributed by atoms with E-state index in [1.807, 2.05) is 48.5 Å². The van der Waals surface area contributed by atoms with E-state index in [0.29, 0.717) is 34.0 Å². The van der Waals surface area contributed by atoms with Crippen LogP contribution in [0.1, 0.15) is 37.8 Å². The SMILES string of the molecule is Cc1nc(C(=O)NCC[C@H](Cc2ccccc2)NCC(=O)c2ccccc2)c(-c2ccccc2F)s1. The number of ketones is 1. The normalized spacial score (nSPS) is 11.7. The standard InChI is InChI=1S/C29H28FN3O2S/c1-20-33-27(28(36-20)24-14-8-9-15-25(24)30)29(35)31-17-16-23(18-21-10-4-2-5-11-21)32-19-26(34)22-12-6-3-7-13-22/h2-15,23,32H,16-19H2,1H3,(H,31,35)/t23-/m1/s1. The van der Waals surface area contributed by atoms with Gasteiger partial charge in [0.25, 0.3) is 5.91 Å². The summed E-state index contributed by atoms with van der Waals surface area (Å²) < 4.78 is 14.4. The Bertz CT molecular complexity index is 1310. The molecule has 0 aliphatic carbocycles. The Hall–Kier alpha value is -3.68. The third kappa shape index (κ3) is 6.71. The van der Waals surface area contributed by atoms with E-state index in [4.69, 9.17) is 0 Å². The number of Topliss-reactive ketones (excluding diaryl/α,β-unsaturated/α-hetero) is 1. The van der Waals surface area contributed by atoms with Crippen molar-refractivity contribution in [2.75, 3.05) is 13.1 Å². The van der Waals surface area contributed by atoms with Crippen LogP contribution in [0.25, 0.3) is 10.4 Å². The fourth-order valence-electron chi connectivity index (χ4n) is 3.99. The molecule has 2 N–H and O–H groups in total. The van der Waals surface area contributed by atoms with Gasteiger partial charge in [0, 0.05) is 23.7 Å². The maximum absolute atomic E-state index is 14.4. The fraction of sp³-hybridized carbons (Fsp3) is 0.207. The molecule has 4 rings (SSSR count). The third-order valence-corrected chi connectivity index (χ3v) is 6.82. The van der Waals surface area contributed by atoms with Crippen molar-refractivity contribution in [1.29, 1.82) is 0 Å². The van der Waals surface area contributed by atoms with Crippen LogP contribution in [0.5, 0.6) is 0 Å². The molecule has 3 aromatic carbocycles. The first-order valence-electron chi connectivity index (χ1n) is 11.9. The van der Waals surface area contributed by atoms with Gasteiger partial charge in [0.1, 0.15) is 11.5 Å². The van der Waals surface area contributed by atoms with Crippen LogP contribution in [-0.4, -0.2) is 35.8 Å². The van der Waals surface area contributed by atoms with E-state index in [9.17, 15) is 14.0 Å². The van der Waals surface area contributed by atoms with Crippen molar-refractivity contribution in [2.24, 2.45) is 0 Å². The molecule has 1 aromatic heterocycles. The molecule has 4 aromatic rings. The molecular weight excluding hydrogens is 473 g/mol. The summed E-state index contributed by atoms with van der Waals surface area (Å²) in [6, 6.07) is 25.6. The van der Waals surface area contributed by atoms with Gasteiger partial charge in [0.05, 0.1) is 16.4 Å². The lowest BCUT2D eigenvalue weighted by Gasteiger charge is -2.19. The van der Waals surface area contributed by atoms with Gasteiger partial charge in [-0.2, -0.15) is 0 Å². The fourth-order valence-corrected chi connectivity index (χ4v) is 4.93. The molecule has 7 heteroatoms. The first-order valence-corrected chi connectivity index (χ1v) is 12.7. The van der Waals surface area contributed by atoms with E-state index in [-0.39, 0.29) is 35.8 Å².